The largest absolute Gasteiger partial charge is 0.313 e. The summed E-state index contributed by atoms with van der Waals surface area (Å²) in [5, 5.41) is 3.51. The molecule has 16 heavy (non-hydrogen) atoms. The first-order valence-electron chi connectivity index (χ1n) is 5.97. The van der Waals surface area contributed by atoms with Crippen LogP contribution in [0.1, 0.15) is 38.7 Å². The fourth-order valence-electron chi connectivity index (χ4n) is 1.89. The van der Waals surface area contributed by atoms with Crippen molar-refractivity contribution < 1.29 is 0 Å². The van der Waals surface area contributed by atoms with E-state index in [9.17, 15) is 0 Å². The normalized spacial score (nSPS) is 13.7. The highest BCUT2D eigenvalue weighted by molar-refractivity contribution is 5.21. The molecule has 0 saturated heterocycles. The van der Waals surface area contributed by atoms with Crippen LogP contribution in [-0.4, -0.2) is 12.6 Å². The topological polar surface area (TPSA) is 12.0 Å². The van der Waals surface area contributed by atoms with Crippen molar-refractivity contribution in [2.45, 2.75) is 39.2 Å². The minimum Gasteiger partial charge on any atom is -0.313 e. The van der Waals surface area contributed by atoms with Crippen molar-refractivity contribution in [2.75, 3.05) is 6.54 Å². The van der Waals surface area contributed by atoms with Crippen LogP contribution in [0.3, 0.4) is 0 Å². The van der Waals surface area contributed by atoms with Crippen LogP contribution in [0, 0.1) is 11.8 Å². The van der Waals surface area contributed by atoms with Gasteiger partial charge in [0.05, 0.1) is 0 Å². The molecule has 0 bridgehead atoms. The maximum Gasteiger partial charge on any atom is 0.0249 e. The Morgan fingerprint density at radius 2 is 1.94 bits per heavy atom. The van der Waals surface area contributed by atoms with Gasteiger partial charge in [-0.3, -0.25) is 0 Å². The monoisotopic (exact) mass is 215 g/mol. The van der Waals surface area contributed by atoms with E-state index in [-0.39, 0.29) is 0 Å². The van der Waals surface area contributed by atoms with Crippen LogP contribution < -0.4 is 5.32 Å². The maximum absolute atomic E-state index is 3.51. The molecule has 1 N–H and O–H groups in total. The molecular formula is C15H21N. The molecule has 1 heteroatoms. The van der Waals surface area contributed by atoms with Gasteiger partial charge in [-0.05, 0) is 24.9 Å². The Labute approximate surface area is 99.3 Å². The Kier molecular flexibility index (Phi) is 5.67. The highest BCUT2D eigenvalue weighted by atomic mass is 14.9. The number of hydrogen-bond donors (Lipinski definition) is 1. The second kappa shape index (κ2) is 7.09. The second-order valence-corrected chi connectivity index (χ2v) is 3.99. The average Bonchev–Trinajstić information content (AvgIpc) is 2.35. The lowest BCUT2D eigenvalue weighted by atomic mass is 9.91. The van der Waals surface area contributed by atoms with Crippen LogP contribution in [-0.2, 0) is 0 Å². The first-order valence-corrected chi connectivity index (χ1v) is 5.97. The average molecular weight is 215 g/mol. The Balaban J connectivity index is 2.72. The molecule has 0 aromatic heterocycles. The molecular weight excluding hydrogens is 194 g/mol. The molecule has 1 rings (SSSR count). The first-order chi connectivity index (χ1) is 7.79. The van der Waals surface area contributed by atoms with Gasteiger partial charge in [-0.25, -0.2) is 0 Å². The van der Waals surface area contributed by atoms with E-state index in [1.807, 2.05) is 6.92 Å². The molecule has 0 saturated carbocycles. The number of benzene rings is 1. The molecule has 0 aliphatic heterocycles. The van der Waals surface area contributed by atoms with Crippen molar-refractivity contribution in [3.05, 3.63) is 35.9 Å². The van der Waals surface area contributed by atoms with Crippen molar-refractivity contribution in [3.8, 4) is 11.8 Å². The predicted octanol–water partition coefficient (Wildman–Crippen LogP) is 3.18. The smallest absolute Gasteiger partial charge is 0.0249 e. The zero-order chi connectivity index (χ0) is 11.8. The Morgan fingerprint density at radius 1 is 1.25 bits per heavy atom. The SMILES string of the molecule is CC#CCC(NCC)C(C)c1ccccc1. The van der Waals surface area contributed by atoms with Gasteiger partial charge in [0.25, 0.3) is 0 Å². The zero-order valence-corrected chi connectivity index (χ0v) is 10.5. The fourth-order valence-corrected chi connectivity index (χ4v) is 1.89. The third-order valence-electron chi connectivity index (χ3n) is 2.89. The van der Waals surface area contributed by atoms with E-state index in [1.165, 1.54) is 5.56 Å². The zero-order valence-electron chi connectivity index (χ0n) is 10.5. The molecule has 0 fully saturated rings. The molecule has 0 heterocycles. The minimum absolute atomic E-state index is 0.444. The summed E-state index contributed by atoms with van der Waals surface area (Å²) < 4.78 is 0. The Morgan fingerprint density at radius 3 is 2.50 bits per heavy atom. The van der Waals surface area contributed by atoms with Crippen molar-refractivity contribution >= 4 is 0 Å². The molecule has 0 spiro atoms. The van der Waals surface area contributed by atoms with Crippen molar-refractivity contribution in [2.24, 2.45) is 0 Å². The first kappa shape index (κ1) is 12.8. The van der Waals surface area contributed by atoms with E-state index >= 15 is 0 Å². The maximum atomic E-state index is 3.51. The predicted molar refractivity (Wildman–Crippen MR) is 70.4 cm³/mol. The number of rotatable bonds is 5. The van der Waals surface area contributed by atoms with Gasteiger partial charge in [0.1, 0.15) is 0 Å². The molecule has 2 atom stereocenters. The van der Waals surface area contributed by atoms with Gasteiger partial charge in [-0.15, -0.1) is 11.8 Å². The molecule has 0 radical (unpaired) electrons. The lowest BCUT2D eigenvalue weighted by Crippen LogP contribution is -2.33. The molecule has 2 unspecified atom stereocenters. The quantitative estimate of drug-likeness (QED) is 0.744. The molecule has 86 valence electrons. The standard InChI is InChI=1S/C15H21N/c1-4-6-12-15(16-5-2)13(3)14-10-8-7-9-11-14/h7-11,13,15-16H,5,12H2,1-3H3. The molecule has 1 aromatic carbocycles. The number of hydrogen-bond acceptors (Lipinski definition) is 1. The lowest BCUT2D eigenvalue weighted by molar-refractivity contribution is 0.469. The van der Waals surface area contributed by atoms with Gasteiger partial charge in [-0.1, -0.05) is 44.2 Å². The summed E-state index contributed by atoms with van der Waals surface area (Å²) in [6.45, 7) is 7.30. The van der Waals surface area contributed by atoms with Gasteiger partial charge in [-0.2, -0.15) is 0 Å². The third-order valence-corrected chi connectivity index (χ3v) is 2.89. The Bertz CT molecular complexity index is 345. The van der Waals surface area contributed by atoms with Crippen LogP contribution in [0.2, 0.25) is 0 Å². The molecule has 0 aliphatic rings. The highest BCUT2D eigenvalue weighted by Crippen LogP contribution is 2.20. The van der Waals surface area contributed by atoms with Crippen molar-refractivity contribution in [1.29, 1.82) is 0 Å². The third kappa shape index (κ3) is 3.72. The van der Waals surface area contributed by atoms with E-state index in [2.05, 4.69) is 61.3 Å². The van der Waals surface area contributed by atoms with Crippen LogP contribution in [0.15, 0.2) is 30.3 Å². The number of likely N-dealkylation sites (N-methyl/N-ethyl adjacent to an activating group) is 1. The lowest BCUT2D eigenvalue weighted by Gasteiger charge is -2.23. The van der Waals surface area contributed by atoms with Crippen LogP contribution >= 0.6 is 0 Å². The number of nitrogens with one attached hydrogen (secondary N) is 1. The van der Waals surface area contributed by atoms with E-state index < -0.39 is 0 Å². The summed E-state index contributed by atoms with van der Waals surface area (Å²) in [6.07, 6.45) is 0.917. The summed E-state index contributed by atoms with van der Waals surface area (Å²) in [4.78, 5) is 0. The second-order valence-electron chi connectivity index (χ2n) is 3.99. The van der Waals surface area contributed by atoms with Gasteiger partial charge < -0.3 is 5.32 Å². The summed E-state index contributed by atoms with van der Waals surface area (Å²) in [5.74, 6) is 6.65. The summed E-state index contributed by atoms with van der Waals surface area (Å²) in [5.41, 5.74) is 1.38. The van der Waals surface area contributed by atoms with Gasteiger partial charge >= 0.3 is 0 Å². The van der Waals surface area contributed by atoms with E-state index in [1.54, 1.807) is 0 Å². The van der Waals surface area contributed by atoms with Crippen LogP contribution in [0.25, 0.3) is 0 Å². The van der Waals surface area contributed by atoms with Crippen molar-refractivity contribution in [1.82, 2.24) is 5.32 Å². The molecule has 1 nitrogen and oxygen atoms in total. The van der Waals surface area contributed by atoms with Gasteiger partial charge in [0.2, 0.25) is 0 Å². The van der Waals surface area contributed by atoms with E-state index in [0.29, 0.717) is 12.0 Å². The van der Waals surface area contributed by atoms with Crippen LogP contribution in [0.4, 0.5) is 0 Å². The minimum atomic E-state index is 0.444. The summed E-state index contributed by atoms with van der Waals surface area (Å²) in [7, 11) is 0. The summed E-state index contributed by atoms with van der Waals surface area (Å²) in [6, 6.07) is 11.1. The van der Waals surface area contributed by atoms with E-state index in [0.717, 1.165) is 13.0 Å². The van der Waals surface area contributed by atoms with Crippen molar-refractivity contribution in [3.63, 3.8) is 0 Å². The molecule has 1 aromatic rings. The Hall–Kier alpha value is -1.26. The van der Waals surface area contributed by atoms with Gasteiger partial charge in [0, 0.05) is 12.5 Å². The molecule has 0 amide bonds. The van der Waals surface area contributed by atoms with Gasteiger partial charge in [0.15, 0.2) is 0 Å². The summed E-state index contributed by atoms with van der Waals surface area (Å²) >= 11 is 0. The fraction of sp³-hybridized carbons (Fsp3) is 0.467. The molecule has 0 aliphatic carbocycles. The highest BCUT2D eigenvalue weighted by Gasteiger charge is 2.16. The van der Waals surface area contributed by atoms with Crippen LogP contribution in [0.5, 0.6) is 0 Å². The van der Waals surface area contributed by atoms with E-state index in [4.69, 9.17) is 0 Å².